The standard InChI is InChI=1S/C13H22O3/c1-2-16-12-6-10(7-12)8-13(14)11-4-3-5-15-9-11/h9-10,12-14H,2-8H2,1H3. The summed E-state index contributed by atoms with van der Waals surface area (Å²) >= 11 is 0. The van der Waals surface area contributed by atoms with Gasteiger partial charge in [-0.25, -0.2) is 0 Å². The van der Waals surface area contributed by atoms with E-state index in [1.807, 2.05) is 6.92 Å². The van der Waals surface area contributed by atoms with Crippen molar-refractivity contribution < 1.29 is 14.6 Å². The van der Waals surface area contributed by atoms with E-state index in [0.717, 1.165) is 50.9 Å². The van der Waals surface area contributed by atoms with Crippen LogP contribution >= 0.6 is 0 Å². The zero-order chi connectivity index (χ0) is 11.4. The molecule has 1 aliphatic heterocycles. The summed E-state index contributed by atoms with van der Waals surface area (Å²) in [5.74, 6) is 0.634. The molecule has 1 heterocycles. The predicted molar refractivity (Wildman–Crippen MR) is 62.0 cm³/mol. The second kappa shape index (κ2) is 5.69. The Bertz CT molecular complexity index is 244. The zero-order valence-electron chi connectivity index (χ0n) is 10.0. The number of aliphatic hydroxyl groups is 1. The quantitative estimate of drug-likeness (QED) is 0.781. The van der Waals surface area contributed by atoms with Gasteiger partial charge >= 0.3 is 0 Å². The Morgan fingerprint density at radius 1 is 1.56 bits per heavy atom. The van der Waals surface area contributed by atoms with Gasteiger partial charge in [0.25, 0.3) is 0 Å². The van der Waals surface area contributed by atoms with E-state index in [1.165, 1.54) is 0 Å². The predicted octanol–water partition coefficient (Wildman–Crippen LogP) is 2.25. The minimum absolute atomic E-state index is 0.298. The van der Waals surface area contributed by atoms with Crippen molar-refractivity contribution in [3.05, 3.63) is 11.8 Å². The normalized spacial score (nSPS) is 31.2. The van der Waals surface area contributed by atoms with Crippen LogP contribution in [-0.2, 0) is 9.47 Å². The van der Waals surface area contributed by atoms with Gasteiger partial charge in [0.15, 0.2) is 0 Å². The molecule has 1 unspecified atom stereocenters. The molecule has 1 N–H and O–H groups in total. The van der Waals surface area contributed by atoms with Gasteiger partial charge in [-0.1, -0.05) is 0 Å². The van der Waals surface area contributed by atoms with E-state index < -0.39 is 0 Å². The molecule has 0 bridgehead atoms. The van der Waals surface area contributed by atoms with Crippen molar-refractivity contribution in [1.29, 1.82) is 0 Å². The maximum absolute atomic E-state index is 10.0. The third kappa shape index (κ3) is 2.98. The van der Waals surface area contributed by atoms with Gasteiger partial charge in [0.1, 0.15) is 0 Å². The smallest absolute Gasteiger partial charge is 0.0876 e. The highest BCUT2D eigenvalue weighted by Gasteiger charge is 2.31. The van der Waals surface area contributed by atoms with Crippen molar-refractivity contribution in [2.75, 3.05) is 13.2 Å². The van der Waals surface area contributed by atoms with Gasteiger partial charge < -0.3 is 14.6 Å². The van der Waals surface area contributed by atoms with Crippen LogP contribution in [0.25, 0.3) is 0 Å². The molecule has 3 heteroatoms. The van der Waals surface area contributed by atoms with Gasteiger partial charge in [-0.15, -0.1) is 0 Å². The molecule has 2 rings (SSSR count). The summed E-state index contributed by atoms with van der Waals surface area (Å²) < 4.78 is 10.8. The molecule has 92 valence electrons. The first-order valence-electron chi connectivity index (χ1n) is 6.39. The molecule has 0 amide bonds. The fourth-order valence-electron chi connectivity index (χ4n) is 2.54. The van der Waals surface area contributed by atoms with E-state index in [4.69, 9.17) is 9.47 Å². The van der Waals surface area contributed by atoms with Gasteiger partial charge in [0.2, 0.25) is 0 Å². The molecule has 0 aromatic carbocycles. The number of hydrogen-bond acceptors (Lipinski definition) is 3. The Morgan fingerprint density at radius 3 is 3.00 bits per heavy atom. The summed E-state index contributed by atoms with van der Waals surface area (Å²) in [6, 6.07) is 0. The molecule has 0 aromatic rings. The molecule has 0 spiro atoms. The van der Waals surface area contributed by atoms with Crippen LogP contribution < -0.4 is 0 Å². The van der Waals surface area contributed by atoms with Crippen molar-refractivity contribution >= 4 is 0 Å². The number of hydrogen-bond donors (Lipinski definition) is 1. The molecule has 3 nitrogen and oxygen atoms in total. The van der Waals surface area contributed by atoms with E-state index in [1.54, 1.807) is 6.26 Å². The lowest BCUT2D eigenvalue weighted by Crippen LogP contribution is -2.34. The van der Waals surface area contributed by atoms with Crippen LogP contribution in [-0.4, -0.2) is 30.5 Å². The summed E-state index contributed by atoms with van der Waals surface area (Å²) in [4.78, 5) is 0. The number of ether oxygens (including phenoxy) is 2. The van der Waals surface area contributed by atoms with Crippen LogP contribution in [0, 0.1) is 5.92 Å². The molecule has 0 aromatic heterocycles. The van der Waals surface area contributed by atoms with Crippen LogP contribution in [0.4, 0.5) is 0 Å². The Balaban J connectivity index is 1.68. The SMILES string of the molecule is CCOC1CC(CC(O)C2=COCCC2)C1. The number of aliphatic hydroxyl groups excluding tert-OH is 1. The molecule has 1 saturated carbocycles. The highest BCUT2D eigenvalue weighted by atomic mass is 16.5. The Labute approximate surface area is 97.4 Å². The molecular weight excluding hydrogens is 204 g/mol. The maximum Gasteiger partial charge on any atom is 0.0876 e. The average Bonchev–Trinajstić information content (AvgIpc) is 2.27. The summed E-state index contributed by atoms with van der Waals surface area (Å²) in [6.07, 6.45) is 7.02. The topological polar surface area (TPSA) is 38.7 Å². The Morgan fingerprint density at radius 2 is 2.38 bits per heavy atom. The van der Waals surface area contributed by atoms with Crippen LogP contribution in [0.2, 0.25) is 0 Å². The fourth-order valence-corrected chi connectivity index (χ4v) is 2.54. The number of rotatable bonds is 5. The third-order valence-electron chi connectivity index (χ3n) is 3.54. The van der Waals surface area contributed by atoms with Crippen molar-refractivity contribution in [1.82, 2.24) is 0 Å². The Hall–Kier alpha value is -0.540. The summed E-state index contributed by atoms with van der Waals surface area (Å²) in [6.45, 7) is 3.64. The first kappa shape index (κ1) is 11.9. The molecule has 2 aliphatic rings. The molecule has 1 atom stereocenters. The van der Waals surface area contributed by atoms with Crippen molar-refractivity contribution in [2.24, 2.45) is 5.92 Å². The van der Waals surface area contributed by atoms with Crippen LogP contribution in [0.3, 0.4) is 0 Å². The first-order chi connectivity index (χ1) is 7.79. The largest absolute Gasteiger partial charge is 0.501 e. The van der Waals surface area contributed by atoms with Crippen molar-refractivity contribution in [3.63, 3.8) is 0 Å². The third-order valence-corrected chi connectivity index (χ3v) is 3.54. The van der Waals surface area contributed by atoms with E-state index in [9.17, 15) is 5.11 Å². The molecule has 0 saturated heterocycles. The first-order valence-corrected chi connectivity index (χ1v) is 6.39. The van der Waals surface area contributed by atoms with Crippen molar-refractivity contribution in [3.8, 4) is 0 Å². The molecule has 16 heavy (non-hydrogen) atoms. The maximum atomic E-state index is 10.0. The van der Waals surface area contributed by atoms with Gasteiger partial charge in [0, 0.05) is 6.61 Å². The highest BCUT2D eigenvalue weighted by Crippen LogP contribution is 2.35. The van der Waals surface area contributed by atoms with Crippen LogP contribution in [0.15, 0.2) is 11.8 Å². The Kier molecular flexibility index (Phi) is 4.24. The minimum Gasteiger partial charge on any atom is -0.501 e. The van der Waals surface area contributed by atoms with Crippen molar-refractivity contribution in [2.45, 2.75) is 51.2 Å². The lowest BCUT2D eigenvalue weighted by molar-refractivity contribution is -0.0355. The highest BCUT2D eigenvalue weighted by molar-refractivity contribution is 5.07. The van der Waals surface area contributed by atoms with Crippen LogP contribution in [0.5, 0.6) is 0 Å². The molecular formula is C13H22O3. The zero-order valence-corrected chi connectivity index (χ0v) is 10.0. The van der Waals surface area contributed by atoms with Gasteiger partial charge in [-0.3, -0.25) is 0 Å². The summed E-state index contributed by atoms with van der Waals surface area (Å²) in [7, 11) is 0. The van der Waals surface area contributed by atoms with E-state index >= 15 is 0 Å². The monoisotopic (exact) mass is 226 g/mol. The second-order valence-electron chi connectivity index (χ2n) is 4.83. The minimum atomic E-state index is -0.298. The summed E-state index contributed by atoms with van der Waals surface area (Å²) in [5.41, 5.74) is 1.08. The lowest BCUT2D eigenvalue weighted by Gasteiger charge is -2.36. The molecule has 0 radical (unpaired) electrons. The fraction of sp³-hybridized carbons (Fsp3) is 0.846. The van der Waals surface area contributed by atoms with Gasteiger partial charge in [0.05, 0.1) is 25.1 Å². The molecule has 1 fully saturated rings. The molecule has 1 aliphatic carbocycles. The van der Waals surface area contributed by atoms with E-state index in [-0.39, 0.29) is 6.10 Å². The van der Waals surface area contributed by atoms with Crippen LogP contribution in [0.1, 0.15) is 39.0 Å². The summed E-state index contributed by atoms with van der Waals surface area (Å²) in [5, 5.41) is 10.0. The van der Waals surface area contributed by atoms with Gasteiger partial charge in [-0.05, 0) is 50.5 Å². The van der Waals surface area contributed by atoms with E-state index in [0.29, 0.717) is 12.0 Å². The lowest BCUT2D eigenvalue weighted by atomic mass is 9.77. The second-order valence-corrected chi connectivity index (χ2v) is 4.83. The van der Waals surface area contributed by atoms with Gasteiger partial charge in [-0.2, -0.15) is 0 Å². The van der Waals surface area contributed by atoms with E-state index in [2.05, 4.69) is 0 Å². The average molecular weight is 226 g/mol.